The van der Waals surface area contributed by atoms with E-state index in [1.54, 1.807) is 12.1 Å². The molecule has 0 aliphatic rings. The van der Waals surface area contributed by atoms with E-state index in [0.29, 0.717) is 10.0 Å². The van der Waals surface area contributed by atoms with Gasteiger partial charge >= 0.3 is 0 Å². The molecule has 20 heavy (non-hydrogen) atoms. The summed E-state index contributed by atoms with van der Waals surface area (Å²) in [6.07, 6.45) is 0. The Balaban J connectivity index is 0.00000180. The number of rotatable bonds is 3. The highest BCUT2D eigenvalue weighted by atomic mass is 35.5. The van der Waals surface area contributed by atoms with E-state index in [9.17, 15) is 0 Å². The number of hydrogen-bond acceptors (Lipinski definition) is 2. The molecular weight excluding hydrogens is 338 g/mol. The molecule has 0 heterocycles. The van der Waals surface area contributed by atoms with E-state index in [0.717, 1.165) is 11.1 Å². The van der Waals surface area contributed by atoms with Gasteiger partial charge in [-0.3, -0.25) is 0 Å². The molecule has 2 aromatic carbocycles. The Labute approximate surface area is 141 Å². The minimum absolute atomic E-state index is 0. The summed E-state index contributed by atoms with van der Waals surface area (Å²) >= 11 is 12.2. The molecule has 0 fully saturated rings. The van der Waals surface area contributed by atoms with Gasteiger partial charge in [0.2, 0.25) is 0 Å². The van der Waals surface area contributed by atoms with Gasteiger partial charge in [0, 0.05) is 10.0 Å². The van der Waals surface area contributed by atoms with Crippen LogP contribution in [0.3, 0.4) is 0 Å². The smallest absolute Gasteiger partial charge is 0.0506 e. The van der Waals surface area contributed by atoms with Gasteiger partial charge in [0.25, 0.3) is 0 Å². The Morgan fingerprint density at radius 3 is 1.25 bits per heavy atom. The Hall–Kier alpha value is -0.480. The van der Waals surface area contributed by atoms with Crippen molar-refractivity contribution in [2.75, 3.05) is 0 Å². The molecule has 110 valence electrons. The molecule has 2 atom stereocenters. The highest BCUT2D eigenvalue weighted by molar-refractivity contribution is 6.31. The van der Waals surface area contributed by atoms with Crippen molar-refractivity contribution >= 4 is 48.0 Å². The van der Waals surface area contributed by atoms with E-state index in [1.807, 2.05) is 36.4 Å². The average molecular weight is 354 g/mol. The molecule has 0 bridgehead atoms. The second-order valence-electron chi connectivity index (χ2n) is 4.09. The van der Waals surface area contributed by atoms with Crippen LogP contribution in [0.25, 0.3) is 0 Å². The maximum atomic E-state index is 6.17. The lowest BCUT2D eigenvalue weighted by atomic mass is 9.95. The summed E-state index contributed by atoms with van der Waals surface area (Å²) < 4.78 is 0. The van der Waals surface area contributed by atoms with Crippen LogP contribution in [-0.4, -0.2) is 0 Å². The lowest BCUT2D eigenvalue weighted by molar-refractivity contribution is 0.575. The molecule has 6 heteroatoms. The van der Waals surface area contributed by atoms with Gasteiger partial charge in [0.1, 0.15) is 0 Å². The molecule has 0 aliphatic heterocycles. The summed E-state index contributed by atoms with van der Waals surface area (Å²) in [7, 11) is 0. The number of halogens is 4. The van der Waals surface area contributed by atoms with E-state index >= 15 is 0 Å². The summed E-state index contributed by atoms with van der Waals surface area (Å²) in [5, 5.41) is 1.24. The van der Waals surface area contributed by atoms with Crippen LogP contribution in [-0.2, 0) is 0 Å². The van der Waals surface area contributed by atoms with E-state index < -0.39 is 12.1 Å². The first-order valence-corrected chi connectivity index (χ1v) is 6.37. The molecule has 0 aliphatic carbocycles. The molecule has 0 amide bonds. The van der Waals surface area contributed by atoms with Crippen LogP contribution in [0.5, 0.6) is 0 Å². The summed E-state index contributed by atoms with van der Waals surface area (Å²) in [6, 6.07) is 14.1. The highest BCUT2D eigenvalue weighted by Gasteiger charge is 2.20. The van der Waals surface area contributed by atoms with Gasteiger partial charge in [-0.1, -0.05) is 59.6 Å². The number of nitrogens with two attached hydrogens (primary N) is 2. The molecule has 2 rings (SSSR count). The topological polar surface area (TPSA) is 52.0 Å². The quantitative estimate of drug-likeness (QED) is 0.851. The van der Waals surface area contributed by atoms with Gasteiger partial charge < -0.3 is 11.5 Å². The van der Waals surface area contributed by atoms with Crippen molar-refractivity contribution in [1.82, 2.24) is 0 Å². The summed E-state index contributed by atoms with van der Waals surface area (Å²) in [5.41, 5.74) is 14.0. The Kier molecular flexibility index (Phi) is 8.52. The number of benzene rings is 2. The normalized spacial score (nSPS) is 12.8. The molecule has 2 nitrogen and oxygen atoms in total. The van der Waals surface area contributed by atoms with Gasteiger partial charge in [-0.05, 0) is 23.3 Å². The minimum Gasteiger partial charge on any atom is -0.322 e. The first-order valence-electron chi connectivity index (χ1n) is 5.61. The Bertz CT molecular complexity index is 499. The maximum absolute atomic E-state index is 6.17. The zero-order valence-electron chi connectivity index (χ0n) is 10.5. The molecule has 2 aromatic rings. The Morgan fingerprint density at radius 1 is 0.650 bits per heavy atom. The predicted octanol–water partition coefficient (Wildman–Crippen LogP) is 4.54. The van der Waals surface area contributed by atoms with E-state index in [4.69, 9.17) is 34.7 Å². The van der Waals surface area contributed by atoms with Crippen LogP contribution >= 0.6 is 48.0 Å². The average Bonchev–Trinajstić information content (AvgIpc) is 2.38. The summed E-state index contributed by atoms with van der Waals surface area (Å²) in [4.78, 5) is 0. The van der Waals surface area contributed by atoms with E-state index in [1.165, 1.54) is 0 Å². The van der Waals surface area contributed by atoms with Crippen molar-refractivity contribution in [3.8, 4) is 0 Å². The fourth-order valence-electron chi connectivity index (χ4n) is 1.88. The second-order valence-corrected chi connectivity index (χ2v) is 4.91. The van der Waals surface area contributed by atoms with E-state index in [2.05, 4.69) is 0 Å². The zero-order chi connectivity index (χ0) is 13.1. The van der Waals surface area contributed by atoms with Crippen LogP contribution in [0.15, 0.2) is 48.5 Å². The van der Waals surface area contributed by atoms with Crippen molar-refractivity contribution < 1.29 is 0 Å². The fraction of sp³-hybridized carbons (Fsp3) is 0.143. The van der Waals surface area contributed by atoms with Crippen LogP contribution < -0.4 is 11.5 Å². The van der Waals surface area contributed by atoms with Crippen molar-refractivity contribution in [2.24, 2.45) is 11.5 Å². The zero-order valence-corrected chi connectivity index (χ0v) is 13.6. The van der Waals surface area contributed by atoms with Crippen LogP contribution in [0.2, 0.25) is 10.0 Å². The van der Waals surface area contributed by atoms with E-state index in [-0.39, 0.29) is 24.8 Å². The van der Waals surface area contributed by atoms with Gasteiger partial charge in [-0.25, -0.2) is 0 Å². The van der Waals surface area contributed by atoms with Gasteiger partial charge in [-0.15, -0.1) is 24.8 Å². The third-order valence-corrected chi connectivity index (χ3v) is 3.60. The van der Waals surface area contributed by atoms with Crippen LogP contribution in [0.1, 0.15) is 23.2 Å². The molecule has 0 spiro atoms. The monoisotopic (exact) mass is 352 g/mol. The van der Waals surface area contributed by atoms with Crippen LogP contribution in [0, 0.1) is 0 Å². The van der Waals surface area contributed by atoms with Crippen molar-refractivity contribution in [3.05, 3.63) is 69.7 Å². The molecule has 0 saturated heterocycles. The largest absolute Gasteiger partial charge is 0.322 e. The molecule has 0 radical (unpaired) electrons. The summed E-state index contributed by atoms with van der Waals surface area (Å²) in [6.45, 7) is 0. The first-order chi connectivity index (χ1) is 8.61. The summed E-state index contributed by atoms with van der Waals surface area (Å²) in [5.74, 6) is 0. The second kappa shape index (κ2) is 8.73. The molecule has 0 saturated carbocycles. The SMILES string of the molecule is Cl.Cl.NC(c1ccccc1Cl)C(N)c1ccccc1Cl. The standard InChI is InChI=1S/C14H14Cl2N2.2ClH/c15-11-7-3-1-5-9(11)13(17)14(18)10-6-2-4-8-12(10)16;;/h1-8,13-14H,17-18H2;2*1H. The van der Waals surface area contributed by atoms with Crippen molar-refractivity contribution in [3.63, 3.8) is 0 Å². The maximum Gasteiger partial charge on any atom is 0.0506 e. The fourth-order valence-corrected chi connectivity index (χ4v) is 2.40. The molecule has 2 unspecified atom stereocenters. The van der Waals surface area contributed by atoms with Gasteiger partial charge in [0.15, 0.2) is 0 Å². The van der Waals surface area contributed by atoms with Crippen LogP contribution in [0.4, 0.5) is 0 Å². The number of hydrogen-bond donors (Lipinski definition) is 2. The van der Waals surface area contributed by atoms with Gasteiger partial charge in [-0.2, -0.15) is 0 Å². The van der Waals surface area contributed by atoms with Crippen molar-refractivity contribution in [2.45, 2.75) is 12.1 Å². The molecular formula is C14H16Cl4N2. The third kappa shape index (κ3) is 4.26. The lowest BCUT2D eigenvalue weighted by Crippen LogP contribution is -2.27. The first kappa shape index (κ1) is 19.5. The molecule has 4 N–H and O–H groups in total. The van der Waals surface area contributed by atoms with Gasteiger partial charge in [0.05, 0.1) is 12.1 Å². The third-order valence-electron chi connectivity index (χ3n) is 2.92. The molecule has 0 aromatic heterocycles. The van der Waals surface area contributed by atoms with Crippen molar-refractivity contribution in [1.29, 1.82) is 0 Å². The lowest BCUT2D eigenvalue weighted by Gasteiger charge is -2.22. The highest BCUT2D eigenvalue weighted by Crippen LogP contribution is 2.32. The Morgan fingerprint density at radius 2 is 0.950 bits per heavy atom. The predicted molar refractivity (Wildman–Crippen MR) is 91.3 cm³/mol. The minimum atomic E-state index is -0.390.